The highest BCUT2D eigenvalue weighted by Crippen LogP contribution is 2.29. The van der Waals surface area contributed by atoms with Gasteiger partial charge in [0.25, 0.3) is 0 Å². The fourth-order valence-corrected chi connectivity index (χ4v) is 1.59. The molecule has 0 N–H and O–H groups in total. The Labute approximate surface area is 68.5 Å². The molecule has 1 nitrogen and oxygen atoms in total. The Morgan fingerprint density at radius 1 is 1.20 bits per heavy atom. The molecule has 1 saturated heterocycles. The van der Waals surface area contributed by atoms with Crippen LogP contribution < -0.4 is 0 Å². The number of hydrogen-bond acceptors (Lipinski definition) is 1. The van der Waals surface area contributed by atoms with Gasteiger partial charge in [0.05, 0.1) is 0 Å². The molecule has 0 amide bonds. The Bertz CT molecular complexity index is 112. The van der Waals surface area contributed by atoms with Gasteiger partial charge in [-0.15, -0.1) is 0 Å². The highest BCUT2D eigenvalue weighted by atomic mass is 35.5. The highest BCUT2D eigenvalue weighted by molar-refractivity contribution is 6.13. The molecule has 0 aromatic rings. The molecule has 0 radical (unpaired) electrons. The van der Waals surface area contributed by atoms with Crippen molar-refractivity contribution >= 4 is 11.8 Å². The van der Waals surface area contributed by atoms with Crippen molar-refractivity contribution in [3.05, 3.63) is 0 Å². The van der Waals surface area contributed by atoms with Crippen LogP contribution >= 0.6 is 11.8 Å². The van der Waals surface area contributed by atoms with Crippen molar-refractivity contribution in [3.63, 3.8) is 0 Å². The minimum absolute atomic E-state index is 0.518. The molecule has 0 spiro atoms. The fraction of sp³-hybridized carbons (Fsp3) is 1.00. The van der Waals surface area contributed by atoms with E-state index in [0.29, 0.717) is 5.41 Å². The molecule has 1 fully saturated rings. The van der Waals surface area contributed by atoms with Crippen LogP contribution in [0.15, 0.2) is 0 Å². The number of nitrogens with zero attached hydrogens (tertiary/aromatic N) is 1. The average Bonchev–Trinajstić information content (AvgIpc) is 1.94. The van der Waals surface area contributed by atoms with Crippen molar-refractivity contribution in [1.82, 2.24) is 4.42 Å². The van der Waals surface area contributed by atoms with E-state index in [9.17, 15) is 0 Å². The van der Waals surface area contributed by atoms with E-state index >= 15 is 0 Å². The Morgan fingerprint density at radius 3 is 2.60 bits per heavy atom. The lowest BCUT2D eigenvalue weighted by Crippen LogP contribution is -2.15. The largest absolute Gasteiger partial charge is 0.220 e. The summed E-state index contributed by atoms with van der Waals surface area (Å²) in [5.41, 5.74) is 0.518. The van der Waals surface area contributed by atoms with Crippen LogP contribution in [0.2, 0.25) is 0 Å². The Balaban J connectivity index is 2.41. The SMILES string of the molecule is CC1(C)CCCN(Cl)CC1. The molecule has 1 aliphatic heterocycles. The van der Waals surface area contributed by atoms with Crippen LogP contribution in [0, 0.1) is 5.41 Å². The van der Waals surface area contributed by atoms with Crippen molar-refractivity contribution in [2.24, 2.45) is 5.41 Å². The van der Waals surface area contributed by atoms with E-state index in [0.717, 1.165) is 13.1 Å². The Morgan fingerprint density at radius 2 is 1.90 bits per heavy atom. The summed E-state index contributed by atoms with van der Waals surface area (Å²) >= 11 is 5.88. The third-order valence-corrected chi connectivity index (χ3v) is 2.62. The second kappa shape index (κ2) is 3.10. The molecule has 10 heavy (non-hydrogen) atoms. The van der Waals surface area contributed by atoms with Gasteiger partial charge < -0.3 is 0 Å². The summed E-state index contributed by atoms with van der Waals surface area (Å²) in [6, 6.07) is 0. The van der Waals surface area contributed by atoms with Gasteiger partial charge in [0.1, 0.15) is 0 Å². The summed E-state index contributed by atoms with van der Waals surface area (Å²) in [5, 5.41) is 0. The van der Waals surface area contributed by atoms with Gasteiger partial charge in [0.15, 0.2) is 0 Å². The maximum absolute atomic E-state index is 5.88. The molecule has 60 valence electrons. The molecule has 1 aliphatic rings. The molecule has 0 aliphatic carbocycles. The highest BCUT2D eigenvalue weighted by Gasteiger charge is 2.21. The van der Waals surface area contributed by atoms with Crippen LogP contribution in [0.5, 0.6) is 0 Å². The van der Waals surface area contributed by atoms with E-state index in [2.05, 4.69) is 13.8 Å². The lowest BCUT2D eigenvalue weighted by molar-refractivity contribution is 0.316. The zero-order chi connectivity index (χ0) is 7.61. The van der Waals surface area contributed by atoms with Crippen LogP contribution in [-0.4, -0.2) is 17.5 Å². The summed E-state index contributed by atoms with van der Waals surface area (Å²) in [5.74, 6) is 0. The van der Waals surface area contributed by atoms with E-state index in [-0.39, 0.29) is 0 Å². The number of hydrogen-bond donors (Lipinski definition) is 0. The maximum atomic E-state index is 5.88. The van der Waals surface area contributed by atoms with Gasteiger partial charge in [-0.1, -0.05) is 13.8 Å². The Kier molecular flexibility index (Phi) is 2.59. The van der Waals surface area contributed by atoms with E-state index in [1.807, 2.05) is 4.42 Å². The van der Waals surface area contributed by atoms with Gasteiger partial charge in [0, 0.05) is 13.1 Å². The minimum Gasteiger partial charge on any atom is -0.220 e. The maximum Gasteiger partial charge on any atom is 0.0144 e. The van der Waals surface area contributed by atoms with Crippen LogP contribution in [-0.2, 0) is 0 Å². The van der Waals surface area contributed by atoms with Gasteiger partial charge in [-0.3, -0.25) is 0 Å². The molecule has 0 unspecified atom stereocenters. The molecule has 0 aromatic carbocycles. The summed E-state index contributed by atoms with van der Waals surface area (Å²) in [6.45, 7) is 6.76. The lowest BCUT2D eigenvalue weighted by atomic mass is 9.85. The first kappa shape index (κ1) is 8.35. The second-order valence-electron chi connectivity index (χ2n) is 3.93. The van der Waals surface area contributed by atoms with E-state index in [1.54, 1.807) is 0 Å². The second-order valence-corrected chi connectivity index (χ2v) is 4.41. The van der Waals surface area contributed by atoms with Crippen LogP contribution in [0.4, 0.5) is 0 Å². The standard InChI is InChI=1S/C8H16ClN/c1-8(2)4-3-6-10(9)7-5-8/h3-7H2,1-2H3. The molecule has 2 heteroatoms. The van der Waals surface area contributed by atoms with E-state index in [4.69, 9.17) is 11.8 Å². The van der Waals surface area contributed by atoms with E-state index < -0.39 is 0 Å². The molecule has 0 bridgehead atoms. The van der Waals surface area contributed by atoms with Gasteiger partial charge in [-0.25, -0.2) is 4.42 Å². The first-order valence-electron chi connectivity index (χ1n) is 4.01. The topological polar surface area (TPSA) is 3.24 Å². The minimum atomic E-state index is 0.518. The van der Waals surface area contributed by atoms with Crippen LogP contribution in [0.1, 0.15) is 33.1 Å². The Hall–Kier alpha value is 0.250. The van der Waals surface area contributed by atoms with Gasteiger partial charge >= 0.3 is 0 Å². The fourth-order valence-electron chi connectivity index (χ4n) is 1.39. The van der Waals surface area contributed by atoms with Gasteiger partial charge in [-0.05, 0) is 36.5 Å². The molecule has 0 saturated carbocycles. The third-order valence-electron chi connectivity index (χ3n) is 2.29. The normalized spacial score (nSPS) is 27.9. The smallest absolute Gasteiger partial charge is 0.0144 e. The average molecular weight is 162 g/mol. The predicted octanol–water partition coefficient (Wildman–Crippen LogP) is 2.65. The molecule has 0 aromatic heterocycles. The van der Waals surface area contributed by atoms with Crippen molar-refractivity contribution in [2.45, 2.75) is 33.1 Å². The summed E-state index contributed by atoms with van der Waals surface area (Å²) in [6.07, 6.45) is 3.79. The third kappa shape index (κ3) is 2.47. The van der Waals surface area contributed by atoms with Gasteiger partial charge in [0.2, 0.25) is 0 Å². The van der Waals surface area contributed by atoms with Crippen molar-refractivity contribution in [3.8, 4) is 0 Å². The molecule has 1 heterocycles. The quantitative estimate of drug-likeness (QED) is 0.494. The molecule has 1 rings (SSSR count). The van der Waals surface area contributed by atoms with Crippen molar-refractivity contribution in [1.29, 1.82) is 0 Å². The zero-order valence-electron chi connectivity index (χ0n) is 6.86. The van der Waals surface area contributed by atoms with Crippen LogP contribution in [0.25, 0.3) is 0 Å². The van der Waals surface area contributed by atoms with Crippen LogP contribution in [0.3, 0.4) is 0 Å². The first-order chi connectivity index (χ1) is 4.60. The molecular formula is C8H16ClN. The monoisotopic (exact) mass is 161 g/mol. The summed E-state index contributed by atoms with van der Waals surface area (Å²) in [4.78, 5) is 0. The molecule has 0 atom stereocenters. The summed E-state index contributed by atoms with van der Waals surface area (Å²) < 4.78 is 1.91. The molecular weight excluding hydrogens is 146 g/mol. The van der Waals surface area contributed by atoms with Crippen molar-refractivity contribution < 1.29 is 0 Å². The number of rotatable bonds is 0. The van der Waals surface area contributed by atoms with E-state index in [1.165, 1.54) is 19.3 Å². The summed E-state index contributed by atoms with van der Waals surface area (Å²) in [7, 11) is 0. The predicted molar refractivity (Wildman–Crippen MR) is 45.1 cm³/mol. The zero-order valence-corrected chi connectivity index (χ0v) is 7.62. The number of halogens is 1. The van der Waals surface area contributed by atoms with Gasteiger partial charge in [-0.2, -0.15) is 0 Å². The van der Waals surface area contributed by atoms with Crippen molar-refractivity contribution in [2.75, 3.05) is 13.1 Å². The first-order valence-corrected chi connectivity index (χ1v) is 4.35. The lowest BCUT2D eigenvalue weighted by Gasteiger charge is -2.21.